The summed E-state index contributed by atoms with van der Waals surface area (Å²) >= 11 is 0. The van der Waals surface area contributed by atoms with Crippen LogP contribution < -0.4 is 9.47 Å². The van der Waals surface area contributed by atoms with Gasteiger partial charge in [-0.05, 0) is 17.7 Å². The zero-order valence-electron chi connectivity index (χ0n) is 9.17. The molecule has 0 saturated carbocycles. The van der Waals surface area contributed by atoms with Gasteiger partial charge in [-0.2, -0.15) is 0 Å². The van der Waals surface area contributed by atoms with E-state index in [1.807, 2.05) is 0 Å². The number of methoxy groups -OCH3 is 1. The average molecular weight is 240 g/mol. The average Bonchev–Trinajstić information content (AvgIpc) is 2.26. The minimum Gasteiger partial charge on any atom is -0.493 e. The highest BCUT2D eigenvalue weighted by Gasteiger charge is 2.09. The van der Waals surface area contributed by atoms with Crippen molar-refractivity contribution in [2.75, 3.05) is 13.7 Å². The van der Waals surface area contributed by atoms with Crippen LogP contribution in [0.5, 0.6) is 11.5 Å². The van der Waals surface area contributed by atoms with Crippen molar-refractivity contribution in [1.29, 1.82) is 0 Å². The third-order valence-corrected chi connectivity index (χ3v) is 1.93. The summed E-state index contributed by atoms with van der Waals surface area (Å²) in [5.41, 5.74) is 0.553. The smallest absolute Gasteiger partial charge is 0.341 e. The van der Waals surface area contributed by atoms with Crippen molar-refractivity contribution >= 4 is 11.9 Å². The van der Waals surface area contributed by atoms with Crippen molar-refractivity contribution in [2.45, 2.75) is 6.42 Å². The number of hydrogen-bond acceptors (Lipinski definition) is 4. The number of carboxylic acid groups (broad SMARTS) is 2. The second-order valence-electron chi connectivity index (χ2n) is 3.24. The Kier molecular flexibility index (Phi) is 4.33. The highest BCUT2D eigenvalue weighted by molar-refractivity contribution is 5.71. The van der Waals surface area contributed by atoms with Crippen LogP contribution in [0.1, 0.15) is 5.56 Å². The van der Waals surface area contributed by atoms with Crippen LogP contribution >= 0.6 is 0 Å². The molecule has 0 aliphatic rings. The predicted octanol–water partition coefficient (Wildman–Crippen LogP) is 0.786. The van der Waals surface area contributed by atoms with Crippen LogP contribution in [0.25, 0.3) is 0 Å². The molecule has 0 heterocycles. The number of carboxylic acids is 2. The quantitative estimate of drug-likeness (QED) is 0.763. The van der Waals surface area contributed by atoms with E-state index < -0.39 is 18.5 Å². The Hall–Kier alpha value is -2.24. The molecule has 0 amide bonds. The van der Waals surface area contributed by atoms with Gasteiger partial charge < -0.3 is 19.7 Å². The Morgan fingerprint density at radius 2 is 1.88 bits per heavy atom. The topological polar surface area (TPSA) is 93.1 Å². The molecule has 2 N–H and O–H groups in total. The molecule has 0 bridgehead atoms. The molecule has 92 valence electrons. The van der Waals surface area contributed by atoms with E-state index in [2.05, 4.69) is 0 Å². The Morgan fingerprint density at radius 1 is 1.18 bits per heavy atom. The maximum absolute atomic E-state index is 10.5. The van der Waals surface area contributed by atoms with Crippen LogP contribution in [0.4, 0.5) is 0 Å². The van der Waals surface area contributed by atoms with Crippen molar-refractivity contribution in [1.82, 2.24) is 0 Å². The van der Waals surface area contributed by atoms with Crippen molar-refractivity contribution in [3.63, 3.8) is 0 Å². The van der Waals surface area contributed by atoms with Crippen molar-refractivity contribution in [3.05, 3.63) is 23.8 Å². The van der Waals surface area contributed by atoms with E-state index in [9.17, 15) is 9.59 Å². The molecule has 0 aliphatic carbocycles. The van der Waals surface area contributed by atoms with E-state index in [1.54, 1.807) is 6.07 Å². The first-order valence-electron chi connectivity index (χ1n) is 4.76. The highest BCUT2D eigenvalue weighted by atomic mass is 16.5. The molecule has 0 radical (unpaired) electrons. The standard InChI is InChI=1S/C11H12O6/c1-16-9-4-7(5-10(12)13)2-3-8(9)17-6-11(14)15/h2-4H,5-6H2,1H3,(H,12,13)(H,14,15). The first kappa shape index (κ1) is 12.8. The van der Waals surface area contributed by atoms with E-state index in [4.69, 9.17) is 19.7 Å². The fourth-order valence-electron chi connectivity index (χ4n) is 1.26. The summed E-state index contributed by atoms with van der Waals surface area (Å²) in [5.74, 6) is -1.47. The zero-order chi connectivity index (χ0) is 12.8. The summed E-state index contributed by atoms with van der Waals surface area (Å²) in [6.45, 7) is -0.478. The molecule has 0 unspecified atom stereocenters. The second-order valence-corrected chi connectivity index (χ2v) is 3.24. The Labute approximate surface area is 97.4 Å². The summed E-state index contributed by atoms with van der Waals surface area (Å²) in [5, 5.41) is 17.1. The lowest BCUT2D eigenvalue weighted by Gasteiger charge is -2.10. The zero-order valence-corrected chi connectivity index (χ0v) is 9.17. The molecular formula is C11H12O6. The van der Waals surface area contributed by atoms with Gasteiger partial charge in [0.2, 0.25) is 0 Å². The van der Waals surface area contributed by atoms with Crippen LogP contribution in [-0.2, 0) is 16.0 Å². The summed E-state index contributed by atoms with van der Waals surface area (Å²) in [6.07, 6.45) is -0.129. The minimum atomic E-state index is -1.10. The van der Waals surface area contributed by atoms with Gasteiger partial charge in [-0.15, -0.1) is 0 Å². The van der Waals surface area contributed by atoms with Crippen LogP contribution in [0.3, 0.4) is 0 Å². The lowest BCUT2D eigenvalue weighted by atomic mass is 10.1. The first-order valence-corrected chi connectivity index (χ1v) is 4.76. The molecule has 0 aromatic heterocycles. The molecule has 0 fully saturated rings. The molecule has 1 aromatic rings. The number of hydrogen-bond donors (Lipinski definition) is 2. The summed E-state index contributed by atoms with van der Waals surface area (Å²) in [7, 11) is 1.40. The van der Waals surface area contributed by atoms with Gasteiger partial charge >= 0.3 is 11.9 Å². The number of benzene rings is 1. The Morgan fingerprint density at radius 3 is 2.41 bits per heavy atom. The maximum atomic E-state index is 10.5. The third-order valence-electron chi connectivity index (χ3n) is 1.93. The number of aliphatic carboxylic acids is 2. The van der Waals surface area contributed by atoms with Gasteiger partial charge in [0.25, 0.3) is 0 Å². The Balaban J connectivity index is 2.85. The van der Waals surface area contributed by atoms with Gasteiger partial charge in [0.1, 0.15) is 0 Å². The van der Waals surface area contributed by atoms with Gasteiger partial charge in [-0.25, -0.2) is 4.79 Å². The SMILES string of the molecule is COc1cc(CC(=O)O)ccc1OCC(=O)O. The lowest BCUT2D eigenvalue weighted by molar-refractivity contribution is -0.139. The Bertz CT molecular complexity index is 426. The van der Waals surface area contributed by atoms with E-state index in [-0.39, 0.29) is 12.2 Å². The number of rotatable bonds is 6. The first-order chi connectivity index (χ1) is 8.02. The van der Waals surface area contributed by atoms with Crippen LogP contribution in [-0.4, -0.2) is 35.9 Å². The van der Waals surface area contributed by atoms with Crippen molar-refractivity contribution in [2.24, 2.45) is 0 Å². The van der Waals surface area contributed by atoms with Crippen LogP contribution in [0, 0.1) is 0 Å². The van der Waals surface area contributed by atoms with Crippen molar-refractivity contribution < 1.29 is 29.3 Å². The van der Waals surface area contributed by atoms with Crippen molar-refractivity contribution in [3.8, 4) is 11.5 Å². The summed E-state index contributed by atoms with van der Waals surface area (Å²) < 4.78 is 9.97. The summed E-state index contributed by atoms with van der Waals surface area (Å²) in [4.78, 5) is 20.9. The molecule has 1 aromatic carbocycles. The molecule has 0 aliphatic heterocycles. The third kappa shape index (κ3) is 4.02. The molecule has 6 nitrogen and oxygen atoms in total. The van der Waals surface area contributed by atoms with E-state index in [1.165, 1.54) is 19.2 Å². The van der Waals surface area contributed by atoms with E-state index >= 15 is 0 Å². The van der Waals surface area contributed by atoms with Gasteiger partial charge in [-0.3, -0.25) is 4.79 Å². The molecule has 0 spiro atoms. The number of carbonyl (C=O) groups is 2. The van der Waals surface area contributed by atoms with Gasteiger partial charge in [0.05, 0.1) is 13.5 Å². The fraction of sp³-hybridized carbons (Fsp3) is 0.273. The number of ether oxygens (including phenoxy) is 2. The molecule has 6 heteroatoms. The fourth-order valence-corrected chi connectivity index (χ4v) is 1.26. The minimum absolute atomic E-state index is 0.129. The van der Waals surface area contributed by atoms with Gasteiger partial charge in [0.15, 0.2) is 18.1 Å². The maximum Gasteiger partial charge on any atom is 0.341 e. The second kappa shape index (κ2) is 5.74. The van der Waals surface area contributed by atoms with Crippen LogP contribution in [0.15, 0.2) is 18.2 Å². The van der Waals surface area contributed by atoms with E-state index in [0.29, 0.717) is 11.3 Å². The van der Waals surface area contributed by atoms with Crippen LogP contribution in [0.2, 0.25) is 0 Å². The largest absolute Gasteiger partial charge is 0.493 e. The molecule has 17 heavy (non-hydrogen) atoms. The lowest BCUT2D eigenvalue weighted by Crippen LogP contribution is -2.10. The van der Waals surface area contributed by atoms with E-state index in [0.717, 1.165) is 0 Å². The molecule has 0 atom stereocenters. The van der Waals surface area contributed by atoms with Gasteiger partial charge in [-0.1, -0.05) is 6.07 Å². The van der Waals surface area contributed by atoms with Gasteiger partial charge in [0, 0.05) is 0 Å². The monoisotopic (exact) mass is 240 g/mol. The summed E-state index contributed by atoms with van der Waals surface area (Å²) in [6, 6.07) is 4.54. The molecule has 1 rings (SSSR count). The predicted molar refractivity (Wildman–Crippen MR) is 57.5 cm³/mol. The normalized spacial score (nSPS) is 9.71. The molecule has 0 saturated heterocycles. The highest BCUT2D eigenvalue weighted by Crippen LogP contribution is 2.28. The molecular weight excluding hydrogens is 228 g/mol.